The van der Waals surface area contributed by atoms with Crippen molar-refractivity contribution >= 4 is 27.6 Å². The second kappa shape index (κ2) is 5.41. The summed E-state index contributed by atoms with van der Waals surface area (Å²) in [5, 5.41) is 19.6. The first-order valence-corrected chi connectivity index (χ1v) is 5.23. The molecule has 0 unspecified atom stereocenters. The van der Waals surface area contributed by atoms with Crippen LogP contribution in [-0.4, -0.2) is 18.0 Å². The van der Waals surface area contributed by atoms with Gasteiger partial charge in [-0.15, -0.1) is 0 Å². The number of carbonyl (C=O) groups excluding carboxylic acids is 1. The van der Waals surface area contributed by atoms with Crippen LogP contribution in [0, 0.1) is 21.4 Å². The number of nitro benzene ring substituents is 1. The summed E-state index contributed by atoms with van der Waals surface area (Å²) in [5.41, 5.74) is 0.150. The van der Waals surface area contributed by atoms with Gasteiger partial charge in [0, 0.05) is 10.5 Å². The van der Waals surface area contributed by atoms with Crippen molar-refractivity contribution < 1.29 is 14.5 Å². The Bertz CT molecular complexity index is 522. The van der Waals surface area contributed by atoms with Gasteiger partial charge in [-0.25, -0.2) is 0 Å². The molecular formula is C10H7BrN2O4. The Morgan fingerprint density at radius 2 is 2.29 bits per heavy atom. The van der Waals surface area contributed by atoms with Crippen LogP contribution in [0.1, 0.15) is 11.1 Å². The number of hydrogen-bond acceptors (Lipinski definition) is 5. The molecule has 6 nitrogen and oxygen atoms in total. The van der Waals surface area contributed by atoms with Crippen molar-refractivity contribution in [1.82, 2.24) is 0 Å². The van der Waals surface area contributed by atoms with E-state index in [0.717, 1.165) is 0 Å². The molecule has 0 aliphatic heterocycles. The number of benzene rings is 1. The normalized spacial score (nSPS) is 9.47. The maximum Gasteiger partial charge on any atom is 0.310 e. The fourth-order valence-electron chi connectivity index (χ4n) is 1.25. The van der Waals surface area contributed by atoms with Crippen LogP contribution in [-0.2, 0) is 16.0 Å². The fourth-order valence-corrected chi connectivity index (χ4v) is 1.82. The Kier molecular flexibility index (Phi) is 4.17. The first-order valence-electron chi connectivity index (χ1n) is 4.44. The number of nitriles is 1. The molecule has 0 aliphatic rings. The molecule has 88 valence electrons. The van der Waals surface area contributed by atoms with Gasteiger partial charge in [0.05, 0.1) is 29.6 Å². The van der Waals surface area contributed by atoms with Crippen molar-refractivity contribution in [3.05, 3.63) is 37.8 Å². The van der Waals surface area contributed by atoms with Gasteiger partial charge in [0.25, 0.3) is 5.69 Å². The Hall–Kier alpha value is -1.94. The molecule has 0 amide bonds. The monoisotopic (exact) mass is 298 g/mol. The average Bonchev–Trinajstić information content (AvgIpc) is 2.30. The third-order valence-electron chi connectivity index (χ3n) is 2.08. The number of rotatable bonds is 3. The Morgan fingerprint density at radius 1 is 1.65 bits per heavy atom. The molecule has 0 atom stereocenters. The van der Waals surface area contributed by atoms with Gasteiger partial charge in [0.15, 0.2) is 0 Å². The summed E-state index contributed by atoms with van der Waals surface area (Å²) in [6.45, 7) is 0. The predicted octanol–water partition coefficient (Wildman–Crippen LogP) is 1.94. The average molecular weight is 299 g/mol. The molecule has 0 saturated carbocycles. The minimum atomic E-state index is -0.608. The van der Waals surface area contributed by atoms with E-state index in [1.54, 1.807) is 0 Å². The molecule has 1 aromatic rings. The number of hydrogen-bond donors (Lipinski definition) is 0. The van der Waals surface area contributed by atoms with E-state index in [2.05, 4.69) is 20.7 Å². The van der Waals surface area contributed by atoms with Gasteiger partial charge in [-0.3, -0.25) is 14.9 Å². The van der Waals surface area contributed by atoms with Crippen molar-refractivity contribution in [2.24, 2.45) is 0 Å². The number of ether oxygens (including phenoxy) is 1. The highest BCUT2D eigenvalue weighted by molar-refractivity contribution is 9.10. The summed E-state index contributed by atoms with van der Waals surface area (Å²) in [7, 11) is 1.19. The van der Waals surface area contributed by atoms with Crippen LogP contribution in [0.3, 0.4) is 0 Å². The molecule has 0 fully saturated rings. The smallest absolute Gasteiger partial charge is 0.310 e. The molecule has 0 aliphatic carbocycles. The highest BCUT2D eigenvalue weighted by atomic mass is 79.9. The van der Waals surface area contributed by atoms with E-state index in [1.165, 1.54) is 19.2 Å². The number of nitro groups is 1. The van der Waals surface area contributed by atoms with E-state index < -0.39 is 10.9 Å². The molecule has 0 aromatic heterocycles. The molecule has 0 heterocycles. The van der Waals surface area contributed by atoms with Crippen LogP contribution in [0.15, 0.2) is 16.6 Å². The van der Waals surface area contributed by atoms with Crippen molar-refractivity contribution in [1.29, 1.82) is 5.26 Å². The van der Waals surface area contributed by atoms with E-state index in [4.69, 9.17) is 5.26 Å². The number of carbonyl (C=O) groups is 1. The van der Waals surface area contributed by atoms with E-state index in [9.17, 15) is 14.9 Å². The minimum absolute atomic E-state index is 0.140. The van der Waals surface area contributed by atoms with Crippen LogP contribution in [0.25, 0.3) is 0 Å². The van der Waals surface area contributed by atoms with Gasteiger partial charge in [-0.05, 0) is 22.0 Å². The molecule has 0 bridgehead atoms. The van der Waals surface area contributed by atoms with Crippen molar-refractivity contribution in [2.75, 3.05) is 7.11 Å². The third-order valence-corrected chi connectivity index (χ3v) is 2.99. The SMILES string of the molecule is COC(=O)Cc1c([N+](=O)[O-])ccc(C#N)c1Br. The number of halogens is 1. The summed E-state index contributed by atoms with van der Waals surface area (Å²) in [6.07, 6.45) is -0.261. The number of methoxy groups -OCH3 is 1. The highest BCUT2D eigenvalue weighted by Gasteiger charge is 2.22. The van der Waals surface area contributed by atoms with Crippen molar-refractivity contribution in [3.8, 4) is 6.07 Å². The predicted molar refractivity (Wildman–Crippen MR) is 61.2 cm³/mol. The second-order valence-corrected chi connectivity index (χ2v) is 3.84. The topological polar surface area (TPSA) is 93.2 Å². The third kappa shape index (κ3) is 2.79. The fraction of sp³-hybridized carbons (Fsp3) is 0.200. The van der Waals surface area contributed by atoms with E-state index in [0.29, 0.717) is 0 Å². The molecule has 0 N–H and O–H groups in total. The summed E-state index contributed by atoms with van der Waals surface area (Å²) < 4.78 is 4.70. The van der Waals surface area contributed by atoms with Gasteiger partial charge < -0.3 is 4.74 Å². The Labute approximate surface area is 105 Å². The molecule has 7 heteroatoms. The van der Waals surface area contributed by atoms with Gasteiger partial charge in [-0.2, -0.15) is 5.26 Å². The summed E-state index contributed by atoms with van der Waals surface area (Å²) in [6, 6.07) is 4.39. The van der Waals surface area contributed by atoms with Crippen LogP contribution < -0.4 is 0 Å². The molecular weight excluding hydrogens is 292 g/mol. The zero-order valence-corrected chi connectivity index (χ0v) is 10.4. The van der Waals surface area contributed by atoms with Crippen LogP contribution in [0.5, 0.6) is 0 Å². The van der Waals surface area contributed by atoms with Crippen LogP contribution in [0.2, 0.25) is 0 Å². The number of nitrogens with zero attached hydrogens (tertiary/aromatic N) is 2. The lowest BCUT2D eigenvalue weighted by Crippen LogP contribution is -2.08. The summed E-state index contributed by atoms with van der Waals surface area (Å²) in [4.78, 5) is 21.3. The first-order chi connectivity index (χ1) is 8.01. The lowest BCUT2D eigenvalue weighted by atomic mass is 10.1. The maximum absolute atomic E-state index is 11.2. The number of esters is 1. The van der Waals surface area contributed by atoms with Gasteiger partial charge >= 0.3 is 5.97 Å². The summed E-state index contributed by atoms with van der Waals surface area (Å²) in [5.74, 6) is -0.608. The quantitative estimate of drug-likeness (QED) is 0.483. The lowest BCUT2D eigenvalue weighted by molar-refractivity contribution is -0.385. The lowest BCUT2D eigenvalue weighted by Gasteiger charge is -2.05. The van der Waals surface area contributed by atoms with Gasteiger partial charge in [-0.1, -0.05) is 0 Å². The molecule has 17 heavy (non-hydrogen) atoms. The van der Waals surface area contributed by atoms with E-state index in [1.807, 2.05) is 6.07 Å². The zero-order valence-electron chi connectivity index (χ0n) is 8.77. The van der Waals surface area contributed by atoms with Gasteiger partial charge in [0.1, 0.15) is 6.07 Å². The minimum Gasteiger partial charge on any atom is -0.469 e. The molecule has 0 saturated heterocycles. The summed E-state index contributed by atoms with van der Waals surface area (Å²) >= 11 is 3.08. The Morgan fingerprint density at radius 3 is 2.76 bits per heavy atom. The second-order valence-electron chi connectivity index (χ2n) is 3.05. The standard InChI is InChI=1S/C10H7BrN2O4/c1-17-9(14)4-7-8(13(15)16)3-2-6(5-12)10(7)11/h2-3H,4H2,1H3. The molecule has 0 radical (unpaired) electrons. The molecule has 1 rings (SSSR count). The largest absolute Gasteiger partial charge is 0.469 e. The van der Waals surface area contributed by atoms with E-state index in [-0.39, 0.29) is 27.7 Å². The van der Waals surface area contributed by atoms with Crippen LogP contribution in [0.4, 0.5) is 5.69 Å². The van der Waals surface area contributed by atoms with Gasteiger partial charge in [0.2, 0.25) is 0 Å². The van der Waals surface area contributed by atoms with Crippen LogP contribution >= 0.6 is 15.9 Å². The zero-order chi connectivity index (χ0) is 13.0. The Balaban J connectivity index is 3.36. The maximum atomic E-state index is 11.2. The van der Waals surface area contributed by atoms with Crippen molar-refractivity contribution in [3.63, 3.8) is 0 Å². The van der Waals surface area contributed by atoms with Crippen molar-refractivity contribution in [2.45, 2.75) is 6.42 Å². The first kappa shape index (κ1) is 13.1. The van der Waals surface area contributed by atoms with E-state index >= 15 is 0 Å². The molecule has 1 aromatic carbocycles. The molecule has 0 spiro atoms. The highest BCUT2D eigenvalue weighted by Crippen LogP contribution is 2.30.